The van der Waals surface area contributed by atoms with Gasteiger partial charge in [-0.05, 0) is 60.1 Å². The number of carbonyl (C=O) groups is 1. The smallest absolute Gasteiger partial charge is 0.338 e. The number of ether oxygens (including phenoxy) is 1. The van der Waals surface area contributed by atoms with E-state index in [9.17, 15) is 19.6 Å². The molecule has 1 N–H and O–H groups in total. The Morgan fingerprint density at radius 2 is 1.94 bits per heavy atom. The molecule has 5 rings (SSSR count). The highest BCUT2D eigenvalue weighted by Crippen LogP contribution is 2.37. The van der Waals surface area contributed by atoms with Crippen molar-refractivity contribution < 1.29 is 19.0 Å². The number of hydrogen-bond donors (Lipinski definition) is 1. The molecule has 3 aliphatic rings. The number of nitriles is 1. The summed E-state index contributed by atoms with van der Waals surface area (Å²) < 4.78 is 19.1. The molecule has 178 valence electrons. The summed E-state index contributed by atoms with van der Waals surface area (Å²) in [4.78, 5) is 16.7. The summed E-state index contributed by atoms with van der Waals surface area (Å²) in [5, 5.41) is 19.5. The summed E-state index contributed by atoms with van der Waals surface area (Å²) in [5.41, 5.74) is 5.98. The fourth-order valence-corrected chi connectivity index (χ4v) is 5.91. The Balaban J connectivity index is 1.19. The van der Waals surface area contributed by atoms with E-state index in [1.165, 1.54) is 6.07 Å². The van der Waals surface area contributed by atoms with Crippen LogP contribution in [0, 0.1) is 24.1 Å². The second-order valence-electron chi connectivity index (χ2n) is 9.70. The molecular formula is C27H30FN3O3. The Bertz CT molecular complexity index is 1150. The molecule has 0 spiro atoms. The zero-order valence-electron chi connectivity index (χ0n) is 19.5. The molecule has 0 aromatic heterocycles. The Hall–Kier alpha value is -2.79. The third kappa shape index (κ3) is 4.11. The predicted molar refractivity (Wildman–Crippen MR) is 125 cm³/mol. The van der Waals surface area contributed by atoms with Crippen LogP contribution in [0.25, 0.3) is 0 Å². The minimum Gasteiger partial charge on any atom is -0.457 e. The number of aliphatic hydroxyl groups excluding tert-OH is 1. The van der Waals surface area contributed by atoms with E-state index in [2.05, 4.69) is 9.80 Å². The number of hydrogen-bond acceptors (Lipinski definition) is 6. The van der Waals surface area contributed by atoms with Crippen molar-refractivity contribution in [3.05, 3.63) is 69.0 Å². The third-order valence-electron chi connectivity index (χ3n) is 7.88. The normalized spacial score (nSPS) is 21.1. The quantitative estimate of drug-likeness (QED) is 0.664. The van der Waals surface area contributed by atoms with Gasteiger partial charge in [-0.25, -0.2) is 9.18 Å². The molecule has 0 bridgehead atoms. The maximum Gasteiger partial charge on any atom is 0.338 e. The molecule has 2 atom stereocenters. The first kappa shape index (κ1) is 23.0. The number of fused-ring (bicyclic) bond motifs is 2. The summed E-state index contributed by atoms with van der Waals surface area (Å²) in [6.45, 7) is 7.84. The van der Waals surface area contributed by atoms with Crippen LogP contribution in [-0.2, 0) is 17.8 Å². The number of benzene rings is 2. The van der Waals surface area contributed by atoms with Gasteiger partial charge in [0.2, 0.25) is 0 Å². The predicted octanol–water partition coefficient (Wildman–Crippen LogP) is 3.10. The van der Waals surface area contributed by atoms with Crippen molar-refractivity contribution in [1.82, 2.24) is 9.80 Å². The molecule has 2 unspecified atom stereocenters. The maximum absolute atomic E-state index is 14.0. The molecule has 1 aliphatic carbocycles. The van der Waals surface area contributed by atoms with Crippen molar-refractivity contribution in [2.45, 2.75) is 38.2 Å². The van der Waals surface area contributed by atoms with Gasteiger partial charge in [0.15, 0.2) is 0 Å². The lowest BCUT2D eigenvalue weighted by Crippen LogP contribution is -2.48. The van der Waals surface area contributed by atoms with Gasteiger partial charge in [0.1, 0.15) is 18.5 Å². The summed E-state index contributed by atoms with van der Waals surface area (Å²) in [5.74, 6) is -0.334. The van der Waals surface area contributed by atoms with Gasteiger partial charge in [0.25, 0.3) is 0 Å². The van der Waals surface area contributed by atoms with Crippen molar-refractivity contribution in [1.29, 1.82) is 5.26 Å². The van der Waals surface area contributed by atoms with E-state index in [0.29, 0.717) is 18.1 Å². The number of halogens is 1. The summed E-state index contributed by atoms with van der Waals surface area (Å²) in [6, 6.07) is 9.14. The number of aliphatic hydroxyl groups is 1. The van der Waals surface area contributed by atoms with Crippen LogP contribution in [-0.4, -0.2) is 66.8 Å². The van der Waals surface area contributed by atoms with E-state index in [1.54, 1.807) is 0 Å². The van der Waals surface area contributed by atoms with Gasteiger partial charge in [-0.3, -0.25) is 0 Å². The molecule has 0 saturated carbocycles. The Labute approximate surface area is 199 Å². The van der Waals surface area contributed by atoms with Crippen LogP contribution in [0.3, 0.4) is 0 Å². The van der Waals surface area contributed by atoms with Gasteiger partial charge in [0.05, 0.1) is 17.7 Å². The van der Waals surface area contributed by atoms with Crippen LogP contribution in [0.1, 0.15) is 62.0 Å². The molecule has 2 aromatic rings. The first-order chi connectivity index (χ1) is 16.5. The highest BCUT2D eigenvalue weighted by molar-refractivity contribution is 5.94. The van der Waals surface area contributed by atoms with Crippen LogP contribution in [0.15, 0.2) is 24.3 Å². The van der Waals surface area contributed by atoms with Crippen LogP contribution >= 0.6 is 0 Å². The van der Waals surface area contributed by atoms with Gasteiger partial charge in [-0.2, -0.15) is 5.26 Å². The van der Waals surface area contributed by atoms with Crippen molar-refractivity contribution in [2.75, 3.05) is 45.9 Å². The molecule has 2 heterocycles. The van der Waals surface area contributed by atoms with Gasteiger partial charge in [-0.15, -0.1) is 0 Å². The monoisotopic (exact) mass is 463 g/mol. The third-order valence-corrected chi connectivity index (χ3v) is 7.88. The van der Waals surface area contributed by atoms with E-state index < -0.39 is 5.82 Å². The Morgan fingerprint density at radius 1 is 1.18 bits per heavy atom. The first-order valence-electron chi connectivity index (χ1n) is 12.1. The molecule has 2 aromatic carbocycles. The maximum atomic E-state index is 14.0. The van der Waals surface area contributed by atoms with Crippen molar-refractivity contribution in [2.24, 2.45) is 0 Å². The Morgan fingerprint density at radius 3 is 2.68 bits per heavy atom. The van der Waals surface area contributed by atoms with E-state index >= 15 is 0 Å². The van der Waals surface area contributed by atoms with E-state index in [4.69, 9.17) is 4.74 Å². The molecule has 34 heavy (non-hydrogen) atoms. The number of rotatable bonds is 6. The summed E-state index contributed by atoms with van der Waals surface area (Å²) in [7, 11) is 0. The van der Waals surface area contributed by atoms with Crippen molar-refractivity contribution in [3.8, 4) is 6.07 Å². The van der Waals surface area contributed by atoms with Crippen molar-refractivity contribution >= 4 is 5.97 Å². The lowest BCUT2D eigenvalue weighted by Gasteiger charge is -2.37. The SMILES string of the molecule is Cc1c(C(CO)CN2CCN(CC3CCc4c3ccc(F)c4C#N)CC2)ccc2c1COC2=O. The van der Waals surface area contributed by atoms with Crippen LogP contribution in [0.4, 0.5) is 4.39 Å². The van der Waals surface area contributed by atoms with Crippen LogP contribution in [0.2, 0.25) is 0 Å². The molecule has 1 fully saturated rings. The molecular weight excluding hydrogens is 433 g/mol. The number of esters is 1. The van der Waals surface area contributed by atoms with Gasteiger partial charge in [-0.1, -0.05) is 12.1 Å². The highest BCUT2D eigenvalue weighted by Gasteiger charge is 2.30. The molecule has 7 heteroatoms. The number of nitrogens with zero attached hydrogens (tertiary/aromatic N) is 3. The van der Waals surface area contributed by atoms with E-state index in [1.807, 2.05) is 31.2 Å². The number of piperazine rings is 1. The zero-order chi connectivity index (χ0) is 23.8. The average Bonchev–Trinajstić information content (AvgIpc) is 3.43. The minimum absolute atomic E-state index is 0.00596. The Kier molecular flexibility index (Phi) is 6.39. The second kappa shape index (κ2) is 9.46. The fourth-order valence-electron chi connectivity index (χ4n) is 5.91. The largest absolute Gasteiger partial charge is 0.457 e. The van der Waals surface area contributed by atoms with Gasteiger partial charge >= 0.3 is 5.97 Å². The zero-order valence-corrected chi connectivity index (χ0v) is 19.5. The minimum atomic E-state index is -0.410. The van der Waals surface area contributed by atoms with E-state index in [-0.39, 0.29) is 24.1 Å². The molecule has 1 saturated heterocycles. The summed E-state index contributed by atoms with van der Waals surface area (Å²) >= 11 is 0. The molecule has 0 amide bonds. The molecule has 2 aliphatic heterocycles. The lowest BCUT2D eigenvalue weighted by atomic mass is 9.90. The number of cyclic esters (lactones) is 1. The second-order valence-corrected chi connectivity index (χ2v) is 9.70. The van der Waals surface area contributed by atoms with Crippen molar-refractivity contribution in [3.63, 3.8) is 0 Å². The van der Waals surface area contributed by atoms with Gasteiger partial charge < -0.3 is 19.6 Å². The number of carbonyl (C=O) groups excluding carboxylic acids is 1. The van der Waals surface area contributed by atoms with Crippen LogP contribution in [0.5, 0.6) is 0 Å². The average molecular weight is 464 g/mol. The topological polar surface area (TPSA) is 76.8 Å². The van der Waals surface area contributed by atoms with Gasteiger partial charge in [0, 0.05) is 50.7 Å². The molecule has 0 radical (unpaired) electrons. The standard InChI is InChI=1S/C27H30FN3O3/c1-17-20(4-5-23-25(17)16-34-27(23)33)19(15-32)14-31-10-8-30(9-11-31)13-18-2-3-22-21(18)6-7-26(28)24(22)12-29/h4-7,18-19,32H,2-3,8-11,13-16H2,1H3. The summed E-state index contributed by atoms with van der Waals surface area (Å²) in [6.07, 6.45) is 1.74. The van der Waals surface area contributed by atoms with Crippen LogP contribution < -0.4 is 0 Å². The fraction of sp³-hybridized carbons (Fsp3) is 0.481. The lowest BCUT2D eigenvalue weighted by molar-refractivity contribution is 0.0535. The first-order valence-corrected chi connectivity index (χ1v) is 12.1. The highest BCUT2D eigenvalue weighted by atomic mass is 19.1. The van der Waals surface area contributed by atoms with E-state index in [0.717, 1.165) is 79.9 Å². The molecule has 6 nitrogen and oxygen atoms in total.